The Morgan fingerprint density at radius 3 is 1.90 bits per heavy atom. The molecule has 1 aromatic heterocycles. The van der Waals surface area contributed by atoms with Crippen LogP contribution in [0.2, 0.25) is 0 Å². The molecule has 2 aromatic carbocycles. The van der Waals surface area contributed by atoms with Gasteiger partial charge < -0.3 is 9.67 Å². The van der Waals surface area contributed by atoms with Crippen molar-refractivity contribution in [2.45, 2.75) is 19.1 Å². The third-order valence-corrected chi connectivity index (χ3v) is 3.63. The molecule has 3 nitrogen and oxygen atoms in total. The summed E-state index contributed by atoms with van der Waals surface area (Å²) in [5.74, 6) is 0. The van der Waals surface area contributed by atoms with Gasteiger partial charge in [0.2, 0.25) is 0 Å². The minimum absolute atomic E-state index is 0.0134. The van der Waals surface area contributed by atoms with Crippen LogP contribution in [0.15, 0.2) is 73.2 Å². The zero-order valence-corrected chi connectivity index (χ0v) is 11.9. The van der Waals surface area contributed by atoms with Crippen LogP contribution in [0.5, 0.6) is 0 Å². The van der Waals surface area contributed by atoms with Gasteiger partial charge in [-0.05, 0) is 18.1 Å². The Kier molecular flexibility index (Phi) is 3.84. The quantitative estimate of drug-likeness (QED) is 0.792. The van der Waals surface area contributed by atoms with Crippen molar-refractivity contribution in [1.82, 2.24) is 9.55 Å². The maximum atomic E-state index is 9.98. The van der Waals surface area contributed by atoms with Gasteiger partial charge in [0.25, 0.3) is 0 Å². The first kappa shape index (κ1) is 13.6. The summed E-state index contributed by atoms with van der Waals surface area (Å²) >= 11 is 0. The predicted molar refractivity (Wildman–Crippen MR) is 83.0 cm³/mol. The van der Waals surface area contributed by atoms with Gasteiger partial charge >= 0.3 is 0 Å². The molecule has 3 heteroatoms. The predicted octanol–water partition coefficient (Wildman–Crippen LogP) is 3.57. The molecule has 0 aliphatic rings. The minimum atomic E-state index is -0.553. The molecule has 106 valence electrons. The van der Waals surface area contributed by atoms with Gasteiger partial charge in [-0.3, -0.25) is 0 Å². The maximum absolute atomic E-state index is 9.98. The lowest BCUT2D eigenvalue weighted by Gasteiger charge is -2.23. The molecule has 0 bridgehead atoms. The van der Waals surface area contributed by atoms with E-state index in [0.29, 0.717) is 0 Å². The summed E-state index contributed by atoms with van der Waals surface area (Å²) in [5.41, 5.74) is 3.15. The van der Waals surface area contributed by atoms with E-state index in [0.717, 1.165) is 5.69 Å². The molecule has 0 saturated carbocycles. The highest BCUT2D eigenvalue weighted by Crippen LogP contribution is 2.29. The number of hydrogen-bond donors (Lipinski definition) is 1. The summed E-state index contributed by atoms with van der Waals surface area (Å²) in [7, 11) is 0. The second-order valence-corrected chi connectivity index (χ2v) is 5.13. The SMILES string of the molecule is CC(O)c1cncn1C(c1ccccc1)c1ccccc1. The number of aliphatic hydroxyl groups is 1. The molecule has 0 radical (unpaired) electrons. The maximum Gasteiger partial charge on any atom is 0.0957 e. The standard InChI is InChI=1S/C18H18N2O/c1-14(21)17-12-19-13-20(17)18(15-8-4-2-5-9-15)16-10-6-3-7-11-16/h2-14,18,21H,1H3. The fraction of sp³-hybridized carbons (Fsp3) is 0.167. The molecule has 3 aromatic rings. The number of imidazole rings is 1. The monoisotopic (exact) mass is 278 g/mol. The van der Waals surface area contributed by atoms with Crippen molar-refractivity contribution >= 4 is 0 Å². The fourth-order valence-corrected chi connectivity index (χ4v) is 2.64. The van der Waals surface area contributed by atoms with Crippen molar-refractivity contribution in [2.24, 2.45) is 0 Å². The Balaban J connectivity index is 2.15. The molecule has 0 aliphatic carbocycles. The van der Waals surface area contributed by atoms with Crippen molar-refractivity contribution in [3.05, 3.63) is 90.0 Å². The summed E-state index contributed by atoms with van der Waals surface area (Å²) in [6.45, 7) is 1.76. The first-order valence-corrected chi connectivity index (χ1v) is 7.07. The average Bonchev–Trinajstić information content (AvgIpc) is 2.99. The first-order chi connectivity index (χ1) is 10.3. The van der Waals surface area contributed by atoms with Crippen molar-refractivity contribution in [1.29, 1.82) is 0 Å². The number of benzene rings is 2. The summed E-state index contributed by atoms with van der Waals surface area (Å²) in [6.07, 6.45) is 2.96. The highest BCUT2D eigenvalue weighted by Gasteiger charge is 2.20. The summed E-state index contributed by atoms with van der Waals surface area (Å²) in [5, 5.41) is 9.98. The average molecular weight is 278 g/mol. The van der Waals surface area contributed by atoms with Gasteiger partial charge in [-0.2, -0.15) is 0 Å². The molecule has 1 unspecified atom stereocenters. The highest BCUT2D eigenvalue weighted by atomic mass is 16.3. The van der Waals surface area contributed by atoms with Crippen molar-refractivity contribution in [3.8, 4) is 0 Å². The lowest BCUT2D eigenvalue weighted by molar-refractivity contribution is 0.188. The largest absolute Gasteiger partial charge is 0.387 e. The molecule has 1 N–H and O–H groups in total. The highest BCUT2D eigenvalue weighted by molar-refractivity contribution is 5.33. The normalized spacial score (nSPS) is 12.5. The Bertz CT molecular complexity index is 650. The summed E-state index contributed by atoms with van der Waals surface area (Å²) in [4.78, 5) is 4.22. The molecular formula is C18H18N2O. The smallest absolute Gasteiger partial charge is 0.0957 e. The van der Waals surface area contributed by atoms with E-state index in [1.165, 1.54) is 11.1 Å². The van der Waals surface area contributed by atoms with E-state index in [-0.39, 0.29) is 6.04 Å². The van der Waals surface area contributed by atoms with Gasteiger partial charge in [0.05, 0.1) is 30.4 Å². The molecule has 21 heavy (non-hydrogen) atoms. The molecule has 0 fully saturated rings. The number of rotatable bonds is 4. The van der Waals surface area contributed by atoms with Crippen LogP contribution in [-0.4, -0.2) is 14.7 Å². The molecule has 0 aliphatic heterocycles. The van der Waals surface area contributed by atoms with Crippen LogP contribution in [0.4, 0.5) is 0 Å². The van der Waals surface area contributed by atoms with E-state index in [1.54, 1.807) is 19.4 Å². The second kappa shape index (κ2) is 5.94. The molecule has 0 amide bonds. The summed E-state index contributed by atoms with van der Waals surface area (Å²) < 4.78 is 2.04. The van der Waals surface area contributed by atoms with E-state index in [1.807, 2.05) is 41.0 Å². The Hall–Kier alpha value is -2.39. The van der Waals surface area contributed by atoms with Crippen LogP contribution in [0.25, 0.3) is 0 Å². The van der Waals surface area contributed by atoms with Crippen molar-refractivity contribution in [3.63, 3.8) is 0 Å². The van der Waals surface area contributed by atoms with Crippen LogP contribution >= 0.6 is 0 Å². The topological polar surface area (TPSA) is 38.1 Å². The van der Waals surface area contributed by atoms with Gasteiger partial charge in [-0.25, -0.2) is 4.98 Å². The summed E-state index contributed by atoms with van der Waals surface area (Å²) in [6, 6.07) is 20.6. The van der Waals surface area contributed by atoms with Gasteiger partial charge in [-0.15, -0.1) is 0 Å². The van der Waals surface area contributed by atoms with Crippen LogP contribution in [-0.2, 0) is 0 Å². The van der Waals surface area contributed by atoms with E-state index in [2.05, 4.69) is 29.2 Å². The second-order valence-electron chi connectivity index (χ2n) is 5.13. The minimum Gasteiger partial charge on any atom is -0.387 e. The first-order valence-electron chi connectivity index (χ1n) is 7.07. The van der Waals surface area contributed by atoms with Crippen LogP contribution in [0.3, 0.4) is 0 Å². The number of nitrogens with zero attached hydrogens (tertiary/aromatic N) is 2. The lowest BCUT2D eigenvalue weighted by Crippen LogP contribution is -2.15. The zero-order valence-electron chi connectivity index (χ0n) is 11.9. The van der Waals surface area contributed by atoms with Crippen LogP contribution in [0.1, 0.15) is 35.9 Å². The van der Waals surface area contributed by atoms with Crippen LogP contribution < -0.4 is 0 Å². The Labute approximate surface area is 124 Å². The Morgan fingerprint density at radius 2 is 1.43 bits per heavy atom. The van der Waals surface area contributed by atoms with Gasteiger partial charge in [-0.1, -0.05) is 60.7 Å². The van der Waals surface area contributed by atoms with Crippen molar-refractivity contribution < 1.29 is 5.11 Å². The third kappa shape index (κ3) is 2.73. The van der Waals surface area contributed by atoms with E-state index in [9.17, 15) is 5.11 Å². The van der Waals surface area contributed by atoms with Gasteiger partial charge in [0.15, 0.2) is 0 Å². The van der Waals surface area contributed by atoms with Crippen LogP contribution in [0, 0.1) is 0 Å². The van der Waals surface area contributed by atoms with E-state index < -0.39 is 6.10 Å². The van der Waals surface area contributed by atoms with E-state index >= 15 is 0 Å². The third-order valence-electron chi connectivity index (χ3n) is 3.63. The molecule has 0 spiro atoms. The molecule has 0 saturated heterocycles. The molecule has 1 atom stereocenters. The number of hydrogen-bond acceptors (Lipinski definition) is 2. The van der Waals surface area contributed by atoms with Gasteiger partial charge in [0.1, 0.15) is 0 Å². The molecular weight excluding hydrogens is 260 g/mol. The van der Waals surface area contributed by atoms with E-state index in [4.69, 9.17) is 0 Å². The molecule has 1 heterocycles. The number of aromatic nitrogens is 2. The van der Waals surface area contributed by atoms with Crippen molar-refractivity contribution in [2.75, 3.05) is 0 Å². The fourth-order valence-electron chi connectivity index (χ4n) is 2.64. The van der Waals surface area contributed by atoms with Gasteiger partial charge in [0, 0.05) is 0 Å². The zero-order chi connectivity index (χ0) is 14.7. The number of aliphatic hydroxyl groups excluding tert-OH is 1. The Morgan fingerprint density at radius 1 is 0.905 bits per heavy atom. The molecule has 3 rings (SSSR count). The lowest BCUT2D eigenvalue weighted by atomic mass is 9.98.